The van der Waals surface area contributed by atoms with Crippen LogP contribution in [0.1, 0.15) is 17.8 Å². The predicted molar refractivity (Wildman–Crippen MR) is 70.2 cm³/mol. The van der Waals surface area contributed by atoms with Crippen molar-refractivity contribution in [1.82, 2.24) is 14.7 Å². The van der Waals surface area contributed by atoms with E-state index in [0.29, 0.717) is 26.1 Å². The van der Waals surface area contributed by atoms with Crippen molar-refractivity contribution >= 4 is 5.91 Å². The zero-order valence-electron chi connectivity index (χ0n) is 11.1. The number of aliphatic hydroxyl groups is 1. The number of carbonyl (C=O) groups excluding carboxylic acids is 1. The molecule has 0 aliphatic rings. The quantitative estimate of drug-likeness (QED) is 0.732. The Balaban J connectivity index is 2.53. The van der Waals surface area contributed by atoms with E-state index in [1.807, 2.05) is 24.6 Å². The van der Waals surface area contributed by atoms with Crippen LogP contribution in [0.15, 0.2) is 18.7 Å². The third-order valence-electron chi connectivity index (χ3n) is 2.71. The fourth-order valence-corrected chi connectivity index (χ4v) is 1.86. The maximum atomic E-state index is 11.9. The molecule has 0 saturated heterocycles. The van der Waals surface area contributed by atoms with Gasteiger partial charge in [0, 0.05) is 31.7 Å². The van der Waals surface area contributed by atoms with Crippen molar-refractivity contribution in [3.63, 3.8) is 0 Å². The number of hydrogen-bond acceptors (Lipinski definition) is 3. The molecular formula is C13H21N3O2. The normalized spacial score (nSPS) is 10.4. The number of rotatable bonds is 7. The molecule has 100 valence electrons. The molecule has 0 aromatic carbocycles. The Kier molecular flexibility index (Phi) is 5.58. The van der Waals surface area contributed by atoms with Crippen LogP contribution in [0.2, 0.25) is 0 Å². The first-order valence-electron chi connectivity index (χ1n) is 6.09. The highest BCUT2D eigenvalue weighted by atomic mass is 16.3. The summed E-state index contributed by atoms with van der Waals surface area (Å²) in [6.07, 6.45) is 2.05. The lowest BCUT2D eigenvalue weighted by molar-refractivity contribution is -0.131. The van der Waals surface area contributed by atoms with Gasteiger partial charge in [-0.1, -0.05) is 6.08 Å². The molecular weight excluding hydrogens is 230 g/mol. The molecule has 0 spiro atoms. The lowest BCUT2D eigenvalue weighted by Gasteiger charge is -2.20. The number of aliphatic hydroxyl groups excluding tert-OH is 1. The Morgan fingerprint density at radius 3 is 2.83 bits per heavy atom. The van der Waals surface area contributed by atoms with Gasteiger partial charge in [0.1, 0.15) is 0 Å². The molecule has 0 saturated carbocycles. The van der Waals surface area contributed by atoms with Gasteiger partial charge in [0.25, 0.3) is 0 Å². The first-order valence-corrected chi connectivity index (χ1v) is 6.09. The van der Waals surface area contributed by atoms with Crippen molar-refractivity contribution in [3.05, 3.63) is 30.1 Å². The Bertz CT molecular complexity index is 412. The fraction of sp³-hybridized carbons (Fsp3) is 0.538. The van der Waals surface area contributed by atoms with Crippen LogP contribution in [0.4, 0.5) is 0 Å². The summed E-state index contributed by atoms with van der Waals surface area (Å²) in [5.41, 5.74) is 2.01. The first kappa shape index (κ1) is 14.4. The van der Waals surface area contributed by atoms with Gasteiger partial charge in [-0.25, -0.2) is 0 Å². The van der Waals surface area contributed by atoms with Gasteiger partial charge in [0.2, 0.25) is 5.91 Å². The summed E-state index contributed by atoms with van der Waals surface area (Å²) in [5, 5.41) is 13.2. The van der Waals surface area contributed by atoms with Crippen molar-refractivity contribution < 1.29 is 9.90 Å². The molecule has 1 aromatic heterocycles. The monoisotopic (exact) mass is 251 g/mol. The minimum absolute atomic E-state index is 0.0107. The van der Waals surface area contributed by atoms with Crippen LogP contribution in [-0.4, -0.2) is 45.4 Å². The molecule has 0 atom stereocenters. The summed E-state index contributed by atoms with van der Waals surface area (Å²) in [5.74, 6) is 0.0107. The van der Waals surface area contributed by atoms with E-state index in [2.05, 4.69) is 11.7 Å². The van der Waals surface area contributed by atoms with E-state index < -0.39 is 0 Å². The second kappa shape index (κ2) is 6.96. The Morgan fingerprint density at radius 1 is 1.61 bits per heavy atom. The topological polar surface area (TPSA) is 58.4 Å². The van der Waals surface area contributed by atoms with Crippen molar-refractivity contribution in [2.24, 2.45) is 0 Å². The third-order valence-corrected chi connectivity index (χ3v) is 2.71. The van der Waals surface area contributed by atoms with Gasteiger partial charge < -0.3 is 10.0 Å². The van der Waals surface area contributed by atoms with E-state index in [0.717, 1.165) is 11.4 Å². The summed E-state index contributed by atoms with van der Waals surface area (Å²) in [4.78, 5) is 13.5. The summed E-state index contributed by atoms with van der Waals surface area (Å²) >= 11 is 0. The SMILES string of the molecule is C=CCN(CCO)C(=O)CCn1nc(C)cc1C. The summed E-state index contributed by atoms with van der Waals surface area (Å²) in [7, 11) is 0. The first-order chi connectivity index (χ1) is 8.58. The summed E-state index contributed by atoms with van der Waals surface area (Å²) in [6.45, 7) is 8.87. The van der Waals surface area contributed by atoms with Crippen LogP contribution >= 0.6 is 0 Å². The number of aromatic nitrogens is 2. The van der Waals surface area contributed by atoms with Crippen LogP contribution in [0.25, 0.3) is 0 Å². The molecule has 5 heteroatoms. The van der Waals surface area contributed by atoms with Crippen LogP contribution < -0.4 is 0 Å². The zero-order chi connectivity index (χ0) is 13.5. The van der Waals surface area contributed by atoms with E-state index in [1.54, 1.807) is 11.0 Å². The summed E-state index contributed by atoms with van der Waals surface area (Å²) < 4.78 is 1.83. The van der Waals surface area contributed by atoms with Gasteiger partial charge in [-0.05, 0) is 19.9 Å². The smallest absolute Gasteiger partial charge is 0.224 e. The number of aryl methyl sites for hydroxylation is 3. The Hall–Kier alpha value is -1.62. The van der Waals surface area contributed by atoms with E-state index >= 15 is 0 Å². The molecule has 0 aliphatic heterocycles. The van der Waals surface area contributed by atoms with E-state index in [1.165, 1.54) is 0 Å². The standard InChI is InChI=1S/C13H21N3O2/c1-4-6-15(8-9-17)13(18)5-7-16-12(3)10-11(2)14-16/h4,10,17H,1,5-9H2,2-3H3. The molecule has 0 radical (unpaired) electrons. The molecule has 0 bridgehead atoms. The second-order valence-corrected chi connectivity index (χ2v) is 4.25. The van der Waals surface area contributed by atoms with E-state index in [-0.39, 0.29) is 12.5 Å². The molecule has 1 N–H and O–H groups in total. The molecule has 1 heterocycles. The predicted octanol–water partition coefficient (Wildman–Crippen LogP) is 0.897. The highest BCUT2D eigenvalue weighted by Crippen LogP contribution is 2.04. The van der Waals surface area contributed by atoms with Crippen LogP contribution in [0.5, 0.6) is 0 Å². The molecule has 1 aromatic rings. The van der Waals surface area contributed by atoms with Gasteiger partial charge in [-0.2, -0.15) is 5.10 Å². The van der Waals surface area contributed by atoms with E-state index in [4.69, 9.17) is 5.11 Å². The lowest BCUT2D eigenvalue weighted by Crippen LogP contribution is -2.34. The van der Waals surface area contributed by atoms with Crippen molar-refractivity contribution in [2.45, 2.75) is 26.8 Å². The minimum atomic E-state index is -0.0283. The van der Waals surface area contributed by atoms with Gasteiger partial charge >= 0.3 is 0 Å². The molecule has 0 fully saturated rings. The van der Waals surface area contributed by atoms with Gasteiger partial charge in [-0.15, -0.1) is 6.58 Å². The average molecular weight is 251 g/mol. The fourth-order valence-electron chi connectivity index (χ4n) is 1.86. The highest BCUT2D eigenvalue weighted by Gasteiger charge is 2.12. The molecule has 18 heavy (non-hydrogen) atoms. The molecule has 0 aliphatic carbocycles. The molecule has 1 amide bonds. The van der Waals surface area contributed by atoms with Crippen molar-refractivity contribution in [2.75, 3.05) is 19.7 Å². The van der Waals surface area contributed by atoms with Gasteiger partial charge in [0.15, 0.2) is 0 Å². The number of nitrogens with zero attached hydrogens (tertiary/aromatic N) is 3. The van der Waals surface area contributed by atoms with E-state index in [9.17, 15) is 4.79 Å². The third kappa shape index (κ3) is 4.00. The van der Waals surface area contributed by atoms with Crippen molar-refractivity contribution in [1.29, 1.82) is 0 Å². The second-order valence-electron chi connectivity index (χ2n) is 4.25. The number of amides is 1. The largest absolute Gasteiger partial charge is 0.395 e. The summed E-state index contributed by atoms with van der Waals surface area (Å²) in [6, 6.07) is 1.99. The van der Waals surface area contributed by atoms with Crippen LogP contribution in [0, 0.1) is 13.8 Å². The average Bonchev–Trinajstić information content (AvgIpc) is 2.64. The number of hydrogen-bond donors (Lipinski definition) is 1. The van der Waals surface area contributed by atoms with Gasteiger partial charge in [-0.3, -0.25) is 9.48 Å². The van der Waals surface area contributed by atoms with Crippen molar-refractivity contribution in [3.8, 4) is 0 Å². The maximum Gasteiger partial charge on any atom is 0.224 e. The maximum absolute atomic E-state index is 11.9. The minimum Gasteiger partial charge on any atom is -0.395 e. The lowest BCUT2D eigenvalue weighted by atomic mass is 10.3. The number of carbonyl (C=O) groups is 1. The molecule has 0 unspecified atom stereocenters. The Morgan fingerprint density at radius 2 is 2.33 bits per heavy atom. The van der Waals surface area contributed by atoms with Gasteiger partial charge in [0.05, 0.1) is 12.3 Å². The Labute approximate surface area is 108 Å². The van der Waals surface area contributed by atoms with Crippen LogP contribution in [0.3, 0.4) is 0 Å². The van der Waals surface area contributed by atoms with Crippen LogP contribution in [-0.2, 0) is 11.3 Å². The molecule has 5 nitrogen and oxygen atoms in total. The molecule has 1 rings (SSSR count). The zero-order valence-corrected chi connectivity index (χ0v) is 11.1. The highest BCUT2D eigenvalue weighted by molar-refractivity contribution is 5.76.